The normalized spacial score (nSPS) is 21.6. The molecule has 0 heterocycles. The van der Waals surface area contributed by atoms with Crippen LogP contribution >= 0.6 is 31.9 Å². The summed E-state index contributed by atoms with van der Waals surface area (Å²) in [6.45, 7) is 2.41. The summed E-state index contributed by atoms with van der Waals surface area (Å²) in [5, 5.41) is 0. The summed E-state index contributed by atoms with van der Waals surface area (Å²) in [7, 11) is 0. The number of carbonyl (C=O) groups excluding carboxylic acids is 1. The quantitative estimate of drug-likeness (QED) is 0.325. The highest BCUT2D eigenvalue weighted by Gasteiger charge is 2.61. The number of ether oxygens (including phenoxy) is 1. The van der Waals surface area contributed by atoms with Crippen molar-refractivity contribution >= 4 is 37.8 Å². The van der Waals surface area contributed by atoms with Crippen LogP contribution < -0.4 is 0 Å². The summed E-state index contributed by atoms with van der Waals surface area (Å²) in [6, 6.07) is 1.75. The van der Waals surface area contributed by atoms with E-state index >= 15 is 0 Å². The standard InChI is InChI=1S/C17H14Br2F6O2/c1-15(2)11(6-12(18)19)13(15)14(26)27-7-8-9(16(20,21)22)4-3-5-10(8)17(23,24)25/h3-6,11,13H,7H2,1-2H3/t11-,13-/m0/s1. The average Bonchev–Trinajstić information content (AvgIpc) is 3.02. The molecule has 0 spiro atoms. The van der Waals surface area contributed by atoms with Gasteiger partial charge in [0, 0.05) is 5.56 Å². The highest BCUT2D eigenvalue weighted by molar-refractivity contribution is 9.28. The molecule has 0 saturated heterocycles. The summed E-state index contributed by atoms with van der Waals surface area (Å²) in [6.07, 6.45) is -8.32. The van der Waals surface area contributed by atoms with Gasteiger partial charge in [-0.25, -0.2) is 0 Å². The molecule has 150 valence electrons. The first-order valence-electron chi connectivity index (χ1n) is 7.63. The minimum atomic E-state index is -5.01. The van der Waals surface area contributed by atoms with Gasteiger partial charge in [0.1, 0.15) is 6.61 Å². The second kappa shape index (κ2) is 7.42. The fourth-order valence-electron chi connectivity index (χ4n) is 3.08. The predicted octanol–water partition coefficient (Wildman–Crippen LogP) is 6.67. The summed E-state index contributed by atoms with van der Waals surface area (Å²) >= 11 is 6.31. The molecule has 27 heavy (non-hydrogen) atoms. The molecule has 0 unspecified atom stereocenters. The zero-order valence-corrected chi connectivity index (χ0v) is 17.2. The first-order valence-corrected chi connectivity index (χ1v) is 9.21. The van der Waals surface area contributed by atoms with E-state index in [1.807, 2.05) is 0 Å². The first kappa shape index (κ1) is 22.3. The van der Waals surface area contributed by atoms with E-state index in [0.29, 0.717) is 21.6 Å². The third kappa shape index (κ3) is 4.88. The molecule has 2 rings (SSSR count). The number of halogens is 8. The highest BCUT2D eigenvalue weighted by Crippen LogP contribution is 2.60. The minimum Gasteiger partial charge on any atom is -0.461 e. The van der Waals surface area contributed by atoms with Crippen LogP contribution in [0.3, 0.4) is 0 Å². The van der Waals surface area contributed by atoms with Crippen molar-refractivity contribution in [2.24, 2.45) is 17.3 Å². The maximum absolute atomic E-state index is 13.1. The second-order valence-corrected chi connectivity index (χ2v) is 9.49. The number of rotatable bonds is 4. The van der Waals surface area contributed by atoms with Gasteiger partial charge in [-0.2, -0.15) is 26.3 Å². The molecule has 0 aromatic heterocycles. The van der Waals surface area contributed by atoms with Crippen LogP contribution in [0.5, 0.6) is 0 Å². The molecule has 0 aliphatic heterocycles. The Labute approximate surface area is 168 Å². The van der Waals surface area contributed by atoms with E-state index in [1.54, 1.807) is 19.9 Å². The van der Waals surface area contributed by atoms with Crippen LogP contribution in [0, 0.1) is 17.3 Å². The van der Waals surface area contributed by atoms with Gasteiger partial charge in [0.15, 0.2) is 0 Å². The highest BCUT2D eigenvalue weighted by atomic mass is 79.9. The van der Waals surface area contributed by atoms with E-state index in [9.17, 15) is 31.1 Å². The Morgan fingerprint density at radius 1 is 1.11 bits per heavy atom. The molecule has 1 saturated carbocycles. The molecule has 0 N–H and O–H groups in total. The molecule has 2 atom stereocenters. The number of esters is 1. The number of hydrogen-bond donors (Lipinski definition) is 0. The number of allylic oxidation sites excluding steroid dienone is 1. The largest absolute Gasteiger partial charge is 0.461 e. The molecular weight excluding hydrogens is 510 g/mol. The van der Waals surface area contributed by atoms with E-state index in [-0.39, 0.29) is 5.92 Å². The van der Waals surface area contributed by atoms with Crippen molar-refractivity contribution in [3.63, 3.8) is 0 Å². The van der Waals surface area contributed by atoms with Crippen LogP contribution in [0.4, 0.5) is 26.3 Å². The van der Waals surface area contributed by atoms with Gasteiger partial charge in [0.25, 0.3) is 0 Å². The summed E-state index contributed by atoms with van der Waals surface area (Å²) in [4.78, 5) is 12.3. The fraction of sp³-hybridized carbons (Fsp3) is 0.471. The van der Waals surface area contributed by atoms with Crippen molar-refractivity contribution in [1.82, 2.24) is 0 Å². The summed E-state index contributed by atoms with van der Waals surface area (Å²) < 4.78 is 84.1. The zero-order chi connectivity index (χ0) is 20.8. The van der Waals surface area contributed by atoms with Crippen LogP contribution in [-0.4, -0.2) is 5.97 Å². The third-order valence-electron chi connectivity index (χ3n) is 4.62. The monoisotopic (exact) mass is 522 g/mol. The third-order valence-corrected chi connectivity index (χ3v) is 5.14. The molecule has 1 aromatic rings. The fourth-order valence-corrected chi connectivity index (χ4v) is 3.65. The van der Waals surface area contributed by atoms with Crippen LogP contribution in [0.1, 0.15) is 30.5 Å². The lowest BCUT2D eigenvalue weighted by Gasteiger charge is -2.18. The predicted molar refractivity (Wildman–Crippen MR) is 92.9 cm³/mol. The van der Waals surface area contributed by atoms with Crippen molar-refractivity contribution in [3.05, 3.63) is 44.4 Å². The van der Waals surface area contributed by atoms with Crippen LogP contribution in [0.2, 0.25) is 0 Å². The molecule has 1 aromatic carbocycles. The number of alkyl halides is 6. The van der Waals surface area contributed by atoms with Gasteiger partial charge in [-0.05, 0) is 55.3 Å². The van der Waals surface area contributed by atoms with Crippen LogP contribution in [-0.2, 0) is 28.5 Å². The minimum absolute atomic E-state index is 0.251. The Bertz CT molecular complexity index is 731. The van der Waals surface area contributed by atoms with E-state index in [4.69, 9.17) is 4.74 Å². The molecule has 10 heteroatoms. The Morgan fingerprint density at radius 3 is 2.00 bits per heavy atom. The first-order chi connectivity index (χ1) is 12.2. The van der Waals surface area contributed by atoms with Crippen LogP contribution in [0.15, 0.2) is 27.7 Å². The van der Waals surface area contributed by atoms with Gasteiger partial charge in [0.2, 0.25) is 0 Å². The van der Waals surface area contributed by atoms with E-state index < -0.39 is 53.0 Å². The zero-order valence-electron chi connectivity index (χ0n) is 14.0. The summed E-state index contributed by atoms with van der Waals surface area (Å²) in [5.74, 6) is -1.75. The number of benzene rings is 1. The van der Waals surface area contributed by atoms with E-state index in [0.717, 1.165) is 0 Å². The number of hydrogen-bond acceptors (Lipinski definition) is 2. The maximum atomic E-state index is 13.1. The lowest BCUT2D eigenvalue weighted by Crippen LogP contribution is -2.19. The Balaban J connectivity index is 2.28. The van der Waals surface area contributed by atoms with Gasteiger partial charge in [0.05, 0.1) is 20.4 Å². The maximum Gasteiger partial charge on any atom is 0.416 e. The van der Waals surface area contributed by atoms with E-state index in [2.05, 4.69) is 31.9 Å². The topological polar surface area (TPSA) is 26.3 Å². The molecule has 0 amide bonds. The number of carbonyl (C=O) groups is 1. The van der Waals surface area contributed by atoms with Gasteiger partial charge in [-0.3, -0.25) is 4.79 Å². The van der Waals surface area contributed by atoms with Gasteiger partial charge >= 0.3 is 18.3 Å². The lowest BCUT2D eigenvalue weighted by molar-refractivity contribution is -0.153. The van der Waals surface area contributed by atoms with E-state index in [1.165, 1.54) is 0 Å². The van der Waals surface area contributed by atoms with Gasteiger partial charge < -0.3 is 4.74 Å². The van der Waals surface area contributed by atoms with Gasteiger partial charge in [-0.1, -0.05) is 26.0 Å². The lowest BCUT2D eigenvalue weighted by atomic mass is 10.0. The van der Waals surface area contributed by atoms with Crippen molar-refractivity contribution in [2.75, 3.05) is 0 Å². The van der Waals surface area contributed by atoms with Crippen molar-refractivity contribution in [2.45, 2.75) is 32.8 Å². The molecule has 0 bridgehead atoms. The van der Waals surface area contributed by atoms with Crippen molar-refractivity contribution in [3.8, 4) is 0 Å². The molecule has 1 aliphatic rings. The molecule has 1 fully saturated rings. The van der Waals surface area contributed by atoms with Crippen molar-refractivity contribution in [1.29, 1.82) is 0 Å². The SMILES string of the molecule is CC1(C)[C@H](C(=O)OCc2c(C(F)(F)F)cccc2C(F)(F)F)[C@@H]1C=C(Br)Br. The Morgan fingerprint density at radius 2 is 1.59 bits per heavy atom. The molecule has 1 aliphatic carbocycles. The molecule has 0 radical (unpaired) electrons. The van der Waals surface area contributed by atoms with Crippen molar-refractivity contribution < 1.29 is 35.9 Å². The molecular formula is C17H14Br2F6O2. The Hall–Kier alpha value is -1.03. The smallest absolute Gasteiger partial charge is 0.416 e. The second-order valence-electron chi connectivity index (χ2n) is 6.72. The average molecular weight is 524 g/mol. The molecule has 2 nitrogen and oxygen atoms in total. The Kier molecular flexibility index (Phi) is 6.12. The van der Waals surface area contributed by atoms with Gasteiger partial charge in [-0.15, -0.1) is 0 Å². The van der Waals surface area contributed by atoms with Crippen LogP contribution in [0.25, 0.3) is 0 Å². The summed E-state index contributed by atoms with van der Waals surface area (Å²) in [5.41, 5.74) is -4.56.